The van der Waals surface area contributed by atoms with Crippen LogP contribution in [0.4, 0.5) is 0 Å². The first-order valence-electron chi connectivity index (χ1n) is 5.10. The molecule has 76 valence electrons. The Hall–Kier alpha value is -0.570. The summed E-state index contributed by atoms with van der Waals surface area (Å²) in [6.45, 7) is 7.42. The van der Waals surface area contributed by atoms with Crippen LogP contribution in [0.25, 0.3) is 0 Å². The van der Waals surface area contributed by atoms with Crippen LogP contribution in [0.1, 0.15) is 33.6 Å². The van der Waals surface area contributed by atoms with Gasteiger partial charge in [0.05, 0.1) is 0 Å². The van der Waals surface area contributed by atoms with E-state index in [9.17, 15) is 4.79 Å². The van der Waals surface area contributed by atoms with Gasteiger partial charge in [0.1, 0.15) is 0 Å². The van der Waals surface area contributed by atoms with Gasteiger partial charge in [-0.05, 0) is 25.8 Å². The lowest BCUT2D eigenvalue weighted by Gasteiger charge is -2.28. The van der Waals surface area contributed by atoms with Crippen LogP contribution in [0.5, 0.6) is 0 Å². The zero-order chi connectivity index (χ0) is 9.84. The van der Waals surface area contributed by atoms with Crippen LogP contribution in [-0.2, 0) is 4.79 Å². The SMILES string of the molecule is CC(C)CNC1CC(=O)NC(C)C1. The molecule has 0 aromatic rings. The molecule has 0 bridgehead atoms. The molecule has 1 aliphatic heterocycles. The van der Waals surface area contributed by atoms with E-state index < -0.39 is 0 Å². The highest BCUT2D eigenvalue weighted by Crippen LogP contribution is 2.09. The van der Waals surface area contributed by atoms with Gasteiger partial charge in [-0.2, -0.15) is 0 Å². The van der Waals surface area contributed by atoms with E-state index in [0.717, 1.165) is 13.0 Å². The maximum atomic E-state index is 11.2. The minimum Gasteiger partial charge on any atom is -0.354 e. The Morgan fingerprint density at radius 1 is 1.62 bits per heavy atom. The minimum atomic E-state index is 0.181. The van der Waals surface area contributed by atoms with Gasteiger partial charge in [-0.25, -0.2) is 0 Å². The molecule has 0 aliphatic carbocycles. The maximum Gasteiger partial charge on any atom is 0.221 e. The Morgan fingerprint density at radius 2 is 2.31 bits per heavy atom. The van der Waals surface area contributed by atoms with E-state index in [2.05, 4.69) is 31.4 Å². The summed E-state index contributed by atoms with van der Waals surface area (Å²) < 4.78 is 0. The Balaban J connectivity index is 2.29. The molecule has 1 aliphatic rings. The lowest BCUT2D eigenvalue weighted by molar-refractivity contribution is -0.123. The molecule has 0 saturated carbocycles. The number of carbonyl (C=O) groups is 1. The molecular weight excluding hydrogens is 164 g/mol. The average Bonchev–Trinajstić information content (AvgIpc) is 1.99. The third kappa shape index (κ3) is 3.77. The van der Waals surface area contributed by atoms with Gasteiger partial charge in [0, 0.05) is 18.5 Å². The largest absolute Gasteiger partial charge is 0.354 e. The molecule has 0 spiro atoms. The van der Waals surface area contributed by atoms with Gasteiger partial charge in [0.25, 0.3) is 0 Å². The van der Waals surface area contributed by atoms with Gasteiger partial charge < -0.3 is 10.6 Å². The van der Waals surface area contributed by atoms with Crippen LogP contribution in [0.2, 0.25) is 0 Å². The molecule has 1 saturated heterocycles. The van der Waals surface area contributed by atoms with E-state index in [1.807, 2.05) is 0 Å². The van der Waals surface area contributed by atoms with Crippen molar-refractivity contribution in [3.63, 3.8) is 0 Å². The predicted octanol–water partition coefficient (Wildman–Crippen LogP) is 0.899. The van der Waals surface area contributed by atoms with E-state index in [1.165, 1.54) is 0 Å². The lowest BCUT2D eigenvalue weighted by Crippen LogP contribution is -2.48. The summed E-state index contributed by atoms with van der Waals surface area (Å²) in [5.41, 5.74) is 0. The summed E-state index contributed by atoms with van der Waals surface area (Å²) in [5, 5.41) is 6.34. The van der Waals surface area contributed by atoms with E-state index in [4.69, 9.17) is 0 Å². The molecule has 1 heterocycles. The fraction of sp³-hybridized carbons (Fsp3) is 0.900. The van der Waals surface area contributed by atoms with Crippen molar-refractivity contribution < 1.29 is 4.79 Å². The Morgan fingerprint density at radius 3 is 2.85 bits per heavy atom. The van der Waals surface area contributed by atoms with Crippen molar-refractivity contribution in [2.24, 2.45) is 5.92 Å². The monoisotopic (exact) mass is 184 g/mol. The van der Waals surface area contributed by atoms with Crippen molar-refractivity contribution in [3.8, 4) is 0 Å². The van der Waals surface area contributed by atoms with Crippen LogP contribution >= 0.6 is 0 Å². The highest BCUT2D eigenvalue weighted by atomic mass is 16.1. The quantitative estimate of drug-likeness (QED) is 0.684. The normalized spacial score (nSPS) is 29.1. The summed E-state index contributed by atoms with van der Waals surface area (Å²) in [5.74, 6) is 0.834. The molecular formula is C10H20N2O. The first-order chi connectivity index (χ1) is 6.08. The minimum absolute atomic E-state index is 0.181. The van der Waals surface area contributed by atoms with Gasteiger partial charge in [-0.15, -0.1) is 0 Å². The summed E-state index contributed by atoms with van der Waals surface area (Å²) in [6, 6.07) is 0.706. The lowest BCUT2D eigenvalue weighted by atomic mass is 9.99. The molecule has 1 rings (SSSR count). The molecule has 1 amide bonds. The van der Waals surface area contributed by atoms with Crippen molar-refractivity contribution in [2.75, 3.05) is 6.54 Å². The third-order valence-corrected chi connectivity index (χ3v) is 2.29. The van der Waals surface area contributed by atoms with Gasteiger partial charge in [-0.1, -0.05) is 13.8 Å². The number of carbonyl (C=O) groups excluding carboxylic acids is 1. The summed E-state index contributed by atoms with van der Waals surface area (Å²) in [4.78, 5) is 11.2. The van der Waals surface area contributed by atoms with Crippen LogP contribution < -0.4 is 10.6 Å². The van der Waals surface area contributed by atoms with Crippen molar-refractivity contribution in [1.82, 2.24) is 10.6 Å². The van der Waals surface area contributed by atoms with Gasteiger partial charge >= 0.3 is 0 Å². The van der Waals surface area contributed by atoms with Crippen LogP contribution in [-0.4, -0.2) is 24.5 Å². The van der Waals surface area contributed by atoms with Crippen molar-refractivity contribution in [1.29, 1.82) is 0 Å². The summed E-state index contributed by atoms with van der Waals surface area (Å²) in [7, 11) is 0. The molecule has 3 nitrogen and oxygen atoms in total. The number of rotatable bonds is 3. The van der Waals surface area contributed by atoms with Crippen molar-refractivity contribution >= 4 is 5.91 Å². The van der Waals surface area contributed by atoms with Crippen LogP contribution in [0.3, 0.4) is 0 Å². The van der Waals surface area contributed by atoms with Crippen molar-refractivity contribution in [2.45, 2.75) is 45.7 Å². The molecule has 0 aromatic carbocycles. The summed E-state index contributed by atoms with van der Waals surface area (Å²) in [6.07, 6.45) is 1.69. The second-order valence-electron chi connectivity index (χ2n) is 4.41. The Kier molecular flexibility index (Phi) is 3.72. The second-order valence-corrected chi connectivity index (χ2v) is 4.41. The van der Waals surface area contributed by atoms with Crippen LogP contribution in [0.15, 0.2) is 0 Å². The van der Waals surface area contributed by atoms with Gasteiger partial charge in [0.15, 0.2) is 0 Å². The smallest absolute Gasteiger partial charge is 0.221 e. The molecule has 3 heteroatoms. The van der Waals surface area contributed by atoms with E-state index in [1.54, 1.807) is 0 Å². The Bertz CT molecular complexity index is 180. The fourth-order valence-electron chi connectivity index (χ4n) is 1.68. The number of piperidine rings is 1. The number of hydrogen-bond acceptors (Lipinski definition) is 2. The van der Waals surface area contributed by atoms with Crippen LogP contribution in [0, 0.1) is 5.92 Å². The number of nitrogens with one attached hydrogen (secondary N) is 2. The van der Waals surface area contributed by atoms with Crippen molar-refractivity contribution in [3.05, 3.63) is 0 Å². The third-order valence-electron chi connectivity index (χ3n) is 2.29. The first-order valence-corrected chi connectivity index (χ1v) is 5.10. The molecule has 0 aromatic heterocycles. The van der Waals surface area contributed by atoms with E-state index in [0.29, 0.717) is 24.4 Å². The molecule has 2 atom stereocenters. The Labute approximate surface area is 80.3 Å². The molecule has 13 heavy (non-hydrogen) atoms. The molecule has 1 fully saturated rings. The molecule has 0 radical (unpaired) electrons. The standard InChI is InChI=1S/C10H20N2O/c1-7(2)6-11-9-4-8(3)12-10(13)5-9/h7-9,11H,4-6H2,1-3H3,(H,12,13). The van der Waals surface area contributed by atoms with Gasteiger partial charge in [0.2, 0.25) is 5.91 Å². The number of hydrogen-bond donors (Lipinski definition) is 2. The zero-order valence-electron chi connectivity index (χ0n) is 8.76. The maximum absolute atomic E-state index is 11.2. The van der Waals surface area contributed by atoms with Gasteiger partial charge in [-0.3, -0.25) is 4.79 Å². The highest BCUT2D eigenvalue weighted by Gasteiger charge is 2.23. The predicted molar refractivity (Wildman–Crippen MR) is 53.5 cm³/mol. The number of amides is 1. The molecule has 2 N–H and O–H groups in total. The topological polar surface area (TPSA) is 41.1 Å². The summed E-state index contributed by atoms with van der Waals surface area (Å²) >= 11 is 0. The average molecular weight is 184 g/mol. The zero-order valence-corrected chi connectivity index (χ0v) is 8.76. The highest BCUT2D eigenvalue weighted by molar-refractivity contribution is 5.77. The molecule has 2 unspecified atom stereocenters. The second kappa shape index (κ2) is 4.61. The first kappa shape index (κ1) is 10.5. The van der Waals surface area contributed by atoms with E-state index in [-0.39, 0.29) is 5.91 Å². The van der Waals surface area contributed by atoms with E-state index >= 15 is 0 Å². The fourth-order valence-corrected chi connectivity index (χ4v) is 1.68.